The van der Waals surface area contributed by atoms with Crippen LogP contribution in [0.25, 0.3) is 0 Å². The predicted molar refractivity (Wildman–Crippen MR) is 118 cm³/mol. The number of halogens is 1. The molecule has 156 valence electrons. The van der Waals surface area contributed by atoms with Crippen LogP contribution in [0, 0.1) is 6.92 Å². The molecule has 0 atom stereocenters. The number of para-hydroxylation sites is 1. The lowest BCUT2D eigenvalue weighted by molar-refractivity contribution is 0.284. The first-order valence-electron chi connectivity index (χ1n) is 9.05. The number of rotatable bonds is 8. The van der Waals surface area contributed by atoms with Crippen molar-refractivity contribution in [3.63, 3.8) is 0 Å². The van der Waals surface area contributed by atoms with E-state index in [1.54, 1.807) is 36.4 Å². The SMILES string of the molecule is COc1cccc(/C=N\NS(=O)(=O)c2ccc(C)cc2)c1OCc1ccccc1Cl. The number of ether oxygens (including phenoxy) is 2. The Hall–Kier alpha value is -3.03. The number of benzene rings is 3. The van der Waals surface area contributed by atoms with Gasteiger partial charge >= 0.3 is 0 Å². The van der Waals surface area contributed by atoms with E-state index in [4.69, 9.17) is 21.1 Å². The summed E-state index contributed by atoms with van der Waals surface area (Å²) in [7, 11) is -2.25. The lowest BCUT2D eigenvalue weighted by Crippen LogP contribution is -2.18. The molecule has 0 unspecified atom stereocenters. The monoisotopic (exact) mass is 444 g/mol. The van der Waals surface area contributed by atoms with Crippen LogP contribution >= 0.6 is 11.6 Å². The Balaban J connectivity index is 1.80. The Morgan fingerprint density at radius 3 is 2.47 bits per heavy atom. The van der Waals surface area contributed by atoms with E-state index in [0.29, 0.717) is 22.1 Å². The first-order valence-corrected chi connectivity index (χ1v) is 10.9. The second-order valence-electron chi connectivity index (χ2n) is 6.42. The molecule has 3 aromatic rings. The van der Waals surface area contributed by atoms with E-state index in [1.807, 2.05) is 25.1 Å². The smallest absolute Gasteiger partial charge is 0.276 e. The molecule has 0 radical (unpaired) electrons. The molecule has 0 amide bonds. The quantitative estimate of drug-likeness (QED) is 0.408. The molecule has 0 heterocycles. The van der Waals surface area contributed by atoms with E-state index in [-0.39, 0.29) is 11.5 Å². The summed E-state index contributed by atoms with van der Waals surface area (Å²) in [6.07, 6.45) is 1.37. The van der Waals surface area contributed by atoms with Crippen LogP contribution in [-0.2, 0) is 16.6 Å². The highest BCUT2D eigenvalue weighted by atomic mass is 35.5. The van der Waals surface area contributed by atoms with Crippen LogP contribution in [0.3, 0.4) is 0 Å². The van der Waals surface area contributed by atoms with E-state index in [2.05, 4.69) is 9.93 Å². The van der Waals surface area contributed by atoms with E-state index in [9.17, 15) is 8.42 Å². The first-order chi connectivity index (χ1) is 14.4. The van der Waals surface area contributed by atoms with Crippen molar-refractivity contribution in [1.29, 1.82) is 0 Å². The van der Waals surface area contributed by atoms with Gasteiger partial charge in [0, 0.05) is 16.1 Å². The summed E-state index contributed by atoms with van der Waals surface area (Å²) in [6.45, 7) is 2.10. The third-order valence-electron chi connectivity index (χ3n) is 4.27. The van der Waals surface area contributed by atoms with Crippen molar-refractivity contribution in [2.75, 3.05) is 7.11 Å². The van der Waals surface area contributed by atoms with E-state index in [1.165, 1.54) is 25.5 Å². The Bertz CT molecular complexity index is 1150. The zero-order valence-corrected chi connectivity index (χ0v) is 18.1. The van der Waals surface area contributed by atoms with Gasteiger partial charge in [-0.2, -0.15) is 13.5 Å². The zero-order valence-electron chi connectivity index (χ0n) is 16.5. The van der Waals surface area contributed by atoms with Gasteiger partial charge in [-0.3, -0.25) is 0 Å². The molecule has 0 saturated carbocycles. The van der Waals surface area contributed by atoms with Crippen molar-refractivity contribution in [3.8, 4) is 11.5 Å². The summed E-state index contributed by atoms with van der Waals surface area (Å²) in [5, 5.41) is 4.49. The third-order valence-corrected chi connectivity index (χ3v) is 5.87. The molecule has 3 rings (SSSR count). The van der Waals surface area contributed by atoms with Crippen LogP contribution in [0.15, 0.2) is 76.7 Å². The normalized spacial score (nSPS) is 11.4. The molecule has 1 N–H and O–H groups in total. The van der Waals surface area contributed by atoms with Gasteiger partial charge in [-0.05, 0) is 37.3 Å². The van der Waals surface area contributed by atoms with Crippen LogP contribution < -0.4 is 14.3 Å². The lowest BCUT2D eigenvalue weighted by atomic mass is 10.2. The number of hydrogen-bond acceptors (Lipinski definition) is 5. The fourth-order valence-electron chi connectivity index (χ4n) is 2.65. The van der Waals surface area contributed by atoms with Crippen LogP contribution in [0.5, 0.6) is 11.5 Å². The molecule has 0 fully saturated rings. The Morgan fingerprint density at radius 2 is 1.77 bits per heavy atom. The fourth-order valence-corrected chi connectivity index (χ4v) is 3.63. The van der Waals surface area contributed by atoms with Crippen LogP contribution in [-0.4, -0.2) is 21.7 Å². The maximum atomic E-state index is 12.4. The minimum absolute atomic E-state index is 0.131. The van der Waals surface area contributed by atoms with Gasteiger partial charge in [0.05, 0.1) is 18.2 Å². The maximum absolute atomic E-state index is 12.4. The molecule has 3 aromatic carbocycles. The molecule has 8 heteroatoms. The van der Waals surface area contributed by atoms with Gasteiger partial charge in [-0.25, -0.2) is 4.83 Å². The summed E-state index contributed by atoms with van der Waals surface area (Å²) in [6, 6.07) is 19.1. The second kappa shape index (κ2) is 9.65. The van der Waals surface area contributed by atoms with Crippen molar-refractivity contribution >= 4 is 27.8 Å². The van der Waals surface area contributed by atoms with E-state index < -0.39 is 10.0 Å². The molecule has 0 spiro atoms. The molecular formula is C22H21ClN2O4S. The minimum Gasteiger partial charge on any atom is -0.493 e. The predicted octanol–water partition coefficient (Wildman–Crippen LogP) is 4.55. The van der Waals surface area contributed by atoms with Crippen LogP contribution in [0.4, 0.5) is 0 Å². The number of sulfonamides is 1. The summed E-state index contributed by atoms with van der Waals surface area (Å²) in [4.78, 5) is 2.35. The third kappa shape index (κ3) is 5.31. The van der Waals surface area contributed by atoms with Crippen molar-refractivity contribution in [2.24, 2.45) is 5.10 Å². The van der Waals surface area contributed by atoms with Gasteiger partial charge < -0.3 is 9.47 Å². The first kappa shape index (κ1) is 21.7. The van der Waals surface area contributed by atoms with Crippen molar-refractivity contribution < 1.29 is 17.9 Å². The fraction of sp³-hybridized carbons (Fsp3) is 0.136. The molecule has 0 aliphatic carbocycles. The standard InChI is InChI=1S/C22H21ClN2O4S/c1-16-10-12-19(13-11-16)30(26,27)25-24-14-17-7-5-9-21(28-2)22(17)29-15-18-6-3-4-8-20(18)23/h3-14,25H,15H2,1-2H3/b24-14-. The molecule has 6 nitrogen and oxygen atoms in total. The summed E-state index contributed by atoms with van der Waals surface area (Å²) >= 11 is 6.19. The minimum atomic E-state index is -3.77. The van der Waals surface area contributed by atoms with Gasteiger partial charge in [0.25, 0.3) is 10.0 Å². The van der Waals surface area contributed by atoms with E-state index >= 15 is 0 Å². The highest BCUT2D eigenvalue weighted by molar-refractivity contribution is 7.89. The molecule has 0 aliphatic rings. The summed E-state index contributed by atoms with van der Waals surface area (Å²) in [5.41, 5.74) is 2.33. The molecule has 30 heavy (non-hydrogen) atoms. The largest absolute Gasteiger partial charge is 0.493 e. The number of hydrogen-bond donors (Lipinski definition) is 1. The Morgan fingerprint density at radius 1 is 1.03 bits per heavy atom. The van der Waals surface area contributed by atoms with Crippen LogP contribution in [0.2, 0.25) is 5.02 Å². The molecule has 0 aliphatic heterocycles. The number of nitrogens with one attached hydrogen (secondary N) is 1. The van der Waals surface area contributed by atoms with Crippen molar-refractivity contribution in [1.82, 2.24) is 4.83 Å². The van der Waals surface area contributed by atoms with Gasteiger partial charge in [0.1, 0.15) is 6.61 Å². The second-order valence-corrected chi connectivity index (χ2v) is 8.49. The van der Waals surface area contributed by atoms with E-state index in [0.717, 1.165) is 11.1 Å². The zero-order chi connectivity index (χ0) is 21.6. The summed E-state index contributed by atoms with van der Waals surface area (Å²) in [5.74, 6) is 0.922. The Labute approximate surface area is 181 Å². The lowest BCUT2D eigenvalue weighted by Gasteiger charge is -2.14. The topological polar surface area (TPSA) is 77.0 Å². The van der Waals surface area contributed by atoms with Gasteiger partial charge in [0.2, 0.25) is 0 Å². The molecule has 0 saturated heterocycles. The molecule has 0 aromatic heterocycles. The molecule has 0 bridgehead atoms. The summed E-state index contributed by atoms with van der Waals surface area (Å²) < 4.78 is 36.1. The Kier molecular flexibility index (Phi) is 6.97. The highest BCUT2D eigenvalue weighted by Gasteiger charge is 2.13. The van der Waals surface area contributed by atoms with Gasteiger partial charge in [-0.15, -0.1) is 0 Å². The average Bonchev–Trinajstić information content (AvgIpc) is 2.73. The number of hydrazone groups is 1. The average molecular weight is 445 g/mol. The highest BCUT2D eigenvalue weighted by Crippen LogP contribution is 2.31. The number of methoxy groups -OCH3 is 1. The van der Waals surface area contributed by atoms with Gasteiger partial charge in [0.15, 0.2) is 11.5 Å². The number of nitrogens with zero attached hydrogens (tertiary/aromatic N) is 1. The van der Waals surface area contributed by atoms with Crippen LogP contribution in [0.1, 0.15) is 16.7 Å². The maximum Gasteiger partial charge on any atom is 0.276 e. The molecular weight excluding hydrogens is 424 g/mol. The number of aryl methyl sites for hydroxylation is 1. The van der Waals surface area contributed by atoms with Crippen molar-refractivity contribution in [3.05, 3.63) is 88.4 Å². The van der Waals surface area contributed by atoms with Gasteiger partial charge in [-0.1, -0.05) is 53.6 Å². The van der Waals surface area contributed by atoms with Crippen molar-refractivity contribution in [2.45, 2.75) is 18.4 Å².